The molecule has 12 nitrogen and oxygen atoms in total. The van der Waals surface area contributed by atoms with Crippen molar-refractivity contribution in [3.63, 3.8) is 0 Å². The van der Waals surface area contributed by atoms with E-state index in [4.69, 9.17) is 58.1 Å². The van der Waals surface area contributed by atoms with Crippen molar-refractivity contribution in [3.8, 4) is 147 Å². The largest absolute Gasteiger partial charge is 0.456 e. The zero-order valence-corrected chi connectivity index (χ0v) is 80.2. The van der Waals surface area contributed by atoms with Gasteiger partial charge in [0.25, 0.3) is 0 Å². The minimum atomic E-state index is 0.593. The van der Waals surface area contributed by atoms with Gasteiger partial charge in [-0.15, -0.1) is 0 Å². The predicted molar refractivity (Wildman–Crippen MR) is 612 cm³/mol. The van der Waals surface area contributed by atoms with E-state index in [1.165, 1.54) is 10.8 Å². The molecule has 0 aliphatic carbocycles. The molecule has 6 heterocycles. The molecule has 0 aliphatic heterocycles. The molecule has 0 saturated carbocycles. The first-order valence-electron chi connectivity index (χ1n) is 50.0. The van der Waals surface area contributed by atoms with E-state index in [2.05, 4.69) is 479 Å². The van der Waals surface area contributed by atoms with Crippen LogP contribution in [0.15, 0.2) is 517 Å². The van der Waals surface area contributed by atoms with Gasteiger partial charge in [0.2, 0.25) is 0 Å². The molecule has 694 valence electrons. The van der Waals surface area contributed by atoms with Gasteiger partial charge < -0.3 is 13.3 Å². The molecule has 30 aromatic rings. The average Bonchev–Trinajstić information content (AvgIpc) is 1.64. The lowest BCUT2D eigenvalue weighted by Crippen LogP contribution is -2.02. The predicted octanol–water partition coefficient (Wildman–Crippen LogP) is 36.2. The van der Waals surface area contributed by atoms with E-state index in [0.717, 1.165) is 236 Å². The second-order valence-electron chi connectivity index (χ2n) is 37.6. The van der Waals surface area contributed by atoms with Crippen LogP contribution in [0.1, 0.15) is 0 Å². The van der Waals surface area contributed by atoms with E-state index in [1.54, 1.807) is 0 Å². The molecule has 0 fully saturated rings. The zero-order valence-electron chi connectivity index (χ0n) is 80.2. The van der Waals surface area contributed by atoms with Crippen molar-refractivity contribution in [1.82, 2.24) is 44.9 Å². The second-order valence-corrected chi connectivity index (χ2v) is 37.6. The minimum Gasteiger partial charge on any atom is -0.456 e. The first-order valence-corrected chi connectivity index (χ1v) is 50.0. The van der Waals surface area contributed by atoms with Gasteiger partial charge in [0.1, 0.15) is 33.5 Å². The fraction of sp³-hybridized carbons (Fsp3) is 0. The molecular formula is C137H83N9O3. The molecule has 0 spiro atoms. The lowest BCUT2D eigenvalue weighted by molar-refractivity contribution is 0.669. The van der Waals surface area contributed by atoms with Crippen molar-refractivity contribution in [1.29, 1.82) is 0 Å². The molecule has 149 heavy (non-hydrogen) atoms. The molecule has 0 bridgehead atoms. The standard InChI is InChI=1S/C47H29N3O.2C45H27N3O/c1-3-11-30(12-4-1)32-19-22-34(23-20-32)45-48-46(38-24-21-31-13-7-8-16-35(31)27-38)50-47(49-45)44-39(33-14-5-2-6-15-33)25-26-41-43(44)40-28-36-17-9-10-18-37(36)29-42(40)51-41;1-2-12-30(13-3-1)35-24-25-39-41(38-26-31-16-4-5-17-32(31)27-40(38)49-39)42(35)45-47-43(36-22-10-18-28-14-6-8-20-33(28)36)46-44(48-45)37-23-11-19-29-15-7-9-21-34(29)37;1-2-12-30(13-3-1)36-23-24-39-41(38-26-32-16-6-7-17-33(32)27-40(38)49-39)42(36)45-47-43(34-22-21-28-11-4-5-15-31(28)25-34)46-44(48-45)37-20-10-18-29-14-8-9-19-35(29)37/h1-29H;2*1-27H. The lowest BCUT2D eigenvalue weighted by atomic mass is 9.94. The monoisotopic (exact) mass is 1900 g/mol. The van der Waals surface area contributed by atoms with Gasteiger partial charge in [-0.1, -0.05) is 419 Å². The Hall–Kier alpha value is -20.2. The number of benzene rings is 24. The lowest BCUT2D eigenvalue weighted by Gasteiger charge is -2.15. The Labute approximate surface area is 854 Å². The molecule has 0 amide bonds. The Morgan fingerprint density at radius 2 is 0.342 bits per heavy atom. The molecular weight excluding hydrogens is 1820 g/mol. The van der Waals surface area contributed by atoms with Crippen molar-refractivity contribution in [2.24, 2.45) is 0 Å². The van der Waals surface area contributed by atoms with Gasteiger partial charge >= 0.3 is 0 Å². The number of fused-ring (bicyclic) bond motifs is 17. The Balaban J connectivity index is 0.000000108. The topological polar surface area (TPSA) is 155 Å². The van der Waals surface area contributed by atoms with Crippen molar-refractivity contribution in [2.45, 2.75) is 0 Å². The van der Waals surface area contributed by atoms with Crippen molar-refractivity contribution in [3.05, 3.63) is 504 Å². The first-order chi connectivity index (χ1) is 73.8. The molecule has 0 radical (unpaired) electrons. The third-order valence-electron chi connectivity index (χ3n) is 28.7. The van der Waals surface area contributed by atoms with Crippen LogP contribution in [0.25, 0.3) is 299 Å². The molecule has 30 rings (SSSR count). The number of hydrogen-bond acceptors (Lipinski definition) is 12. The van der Waals surface area contributed by atoms with Gasteiger partial charge in [0.05, 0.1) is 0 Å². The molecule has 12 heteroatoms. The van der Waals surface area contributed by atoms with Crippen LogP contribution >= 0.6 is 0 Å². The van der Waals surface area contributed by atoms with Crippen LogP contribution in [0.3, 0.4) is 0 Å². The number of hydrogen-bond donors (Lipinski definition) is 0. The summed E-state index contributed by atoms with van der Waals surface area (Å²) in [5, 5.41) is 24.2. The first kappa shape index (κ1) is 86.7. The Kier molecular flexibility index (Phi) is 21.3. The average molecular weight is 1900 g/mol. The maximum atomic E-state index is 6.59. The van der Waals surface area contributed by atoms with E-state index in [-0.39, 0.29) is 0 Å². The molecule has 0 saturated heterocycles. The molecule has 0 atom stereocenters. The van der Waals surface area contributed by atoms with E-state index < -0.39 is 0 Å². The van der Waals surface area contributed by atoms with Gasteiger partial charge in [-0.3, -0.25) is 0 Å². The zero-order chi connectivity index (χ0) is 98.4. The fourth-order valence-corrected chi connectivity index (χ4v) is 21.5. The summed E-state index contributed by atoms with van der Waals surface area (Å²) in [6.45, 7) is 0. The summed E-state index contributed by atoms with van der Waals surface area (Å²) in [5.74, 6) is 5.50. The van der Waals surface area contributed by atoms with Gasteiger partial charge in [0.15, 0.2) is 52.4 Å². The van der Waals surface area contributed by atoms with E-state index in [0.29, 0.717) is 52.4 Å². The molecule has 0 unspecified atom stereocenters. The number of nitrogens with zero attached hydrogens (tertiary/aromatic N) is 9. The summed E-state index contributed by atoms with van der Waals surface area (Å²) < 4.78 is 19.7. The fourth-order valence-electron chi connectivity index (χ4n) is 21.5. The Morgan fingerprint density at radius 3 is 0.678 bits per heavy atom. The molecule has 6 aromatic heterocycles. The summed E-state index contributed by atoms with van der Waals surface area (Å²) in [6, 6.07) is 175. The van der Waals surface area contributed by atoms with Crippen LogP contribution in [0, 0.1) is 0 Å². The van der Waals surface area contributed by atoms with Crippen LogP contribution in [0.5, 0.6) is 0 Å². The summed E-state index contributed by atoms with van der Waals surface area (Å²) in [7, 11) is 0. The summed E-state index contributed by atoms with van der Waals surface area (Å²) in [5.41, 5.74) is 21.9. The third kappa shape index (κ3) is 15.9. The minimum absolute atomic E-state index is 0.593. The molecule has 0 aliphatic rings. The highest BCUT2D eigenvalue weighted by atomic mass is 16.3. The summed E-state index contributed by atoms with van der Waals surface area (Å²) >= 11 is 0. The van der Waals surface area contributed by atoms with E-state index >= 15 is 0 Å². The number of furan rings is 3. The van der Waals surface area contributed by atoms with Gasteiger partial charge in [0, 0.05) is 82.4 Å². The van der Waals surface area contributed by atoms with Gasteiger partial charge in [-0.25, -0.2) is 44.9 Å². The van der Waals surface area contributed by atoms with Crippen LogP contribution in [-0.4, -0.2) is 44.9 Å². The normalized spacial score (nSPS) is 11.6. The quantitative estimate of drug-likeness (QED) is 0.108. The highest BCUT2D eigenvalue weighted by Crippen LogP contribution is 2.50. The van der Waals surface area contributed by atoms with Crippen molar-refractivity contribution >= 4 is 152 Å². The maximum absolute atomic E-state index is 6.59. The highest BCUT2D eigenvalue weighted by Gasteiger charge is 2.29. The van der Waals surface area contributed by atoms with Gasteiger partial charge in [-0.2, -0.15) is 0 Å². The van der Waals surface area contributed by atoms with Crippen LogP contribution in [0.4, 0.5) is 0 Å². The number of rotatable bonds is 13. The second kappa shape index (κ2) is 36.6. The third-order valence-corrected chi connectivity index (χ3v) is 28.7. The van der Waals surface area contributed by atoms with E-state index in [9.17, 15) is 0 Å². The smallest absolute Gasteiger partial charge is 0.165 e. The SMILES string of the molecule is c1ccc(-c2ccc(-c3nc(-c4ccc5ccccc5c4)nc(-c4c(-c5ccccc5)ccc5oc6cc7ccccc7cc6c45)n3)cc2)cc1.c1ccc(-c2ccc3oc4cc5ccccc5cc4c3c2-c2nc(-c3ccc4ccccc4c3)nc(-c3cccc4ccccc34)n2)cc1.c1ccc(-c2ccc3oc4cc5ccccc5cc4c3c2-c2nc(-c3cccc4ccccc34)nc(-c3cccc4ccccc34)n2)cc1. The Bertz CT molecular complexity index is 10500. The van der Waals surface area contributed by atoms with Crippen LogP contribution < -0.4 is 0 Å². The molecule has 24 aromatic carbocycles. The van der Waals surface area contributed by atoms with E-state index in [1.807, 2.05) is 24.3 Å². The number of aromatic nitrogens is 9. The Morgan fingerprint density at radius 1 is 0.114 bits per heavy atom. The summed E-state index contributed by atoms with van der Waals surface area (Å²) in [6.07, 6.45) is 0. The van der Waals surface area contributed by atoms with Crippen molar-refractivity contribution in [2.75, 3.05) is 0 Å². The van der Waals surface area contributed by atoms with Crippen LogP contribution in [-0.2, 0) is 0 Å². The van der Waals surface area contributed by atoms with Gasteiger partial charge in [-0.05, 0) is 216 Å². The maximum Gasteiger partial charge on any atom is 0.165 e. The van der Waals surface area contributed by atoms with Crippen LogP contribution in [0.2, 0.25) is 0 Å². The van der Waals surface area contributed by atoms with Crippen molar-refractivity contribution < 1.29 is 13.3 Å². The molecule has 0 N–H and O–H groups in total. The summed E-state index contributed by atoms with van der Waals surface area (Å²) in [4.78, 5) is 47.5. The highest BCUT2D eigenvalue weighted by molar-refractivity contribution is 6.22.